The van der Waals surface area contributed by atoms with Gasteiger partial charge in [0.1, 0.15) is 0 Å². The summed E-state index contributed by atoms with van der Waals surface area (Å²) in [6, 6.07) is 8.85. The van der Waals surface area contributed by atoms with Crippen LogP contribution in [0.3, 0.4) is 0 Å². The number of quaternary nitrogens is 1. The van der Waals surface area contributed by atoms with Gasteiger partial charge in [-0.1, -0.05) is 6.07 Å². The van der Waals surface area contributed by atoms with Crippen LogP contribution in [0.5, 0.6) is 0 Å². The van der Waals surface area contributed by atoms with Gasteiger partial charge >= 0.3 is 0 Å². The highest BCUT2D eigenvalue weighted by molar-refractivity contribution is 5.86. The monoisotopic (exact) mass is 313 g/mol. The topological polar surface area (TPSA) is 80.9 Å². The highest BCUT2D eigenvalue weighted by Crippen LogP contribution is 2.36. The third kappa shape index (κ3) is 3.24. The highest BCUT2D eigenvalue weighted by atomic mass is 16.8. The standard InChI is InChI=1S/C17H19N3O3/c21-12-14-10-15(20(22)23)6-7-17(14)19-9-2-1-5-16(19)13-4-3-8-18-11-13/h3-4,6-8,10-12,16,20,22H,1-2,5,9H2/t16-/m1/s1. The Bertz CT molecular complexity index is 676. The molecular weight excluding hydrogens is 294 g/mol. The van der Waals surface area contributed by atoms with Gasteiger partial charge in [0.2, 0.25) is 0 Å². The minimum atomic E-state index is -1.03. The molecule has 6 nitrogen and oxygen atoms in total. The van der Waals surface area contributed by atoms with Crippen LogP contribution in [0.1, 0.15) is 41.2 Å². The Labute approximate surface area is 134 Å². The molecule has 1 unspecified atom stereocenters. The number of carbonyl (C=O) groups is 1. The van der Waals surface area contributed by atoms with Crippen molar-refractivity contribution in [2.45, 2.75) is 25.3 Å². The Balaban J connectivity index is 1.99. The third-order valence-corrected chi connectivity index (χ3v) is 4.28. The molecule has 1 aliphatic heterocycles. The molecule has 1 saturated heterocycles. The van der Waals surface area contributed by atoms with Crippen molar-refractivity contribution in [3.8, 4) is 0 Å². The van der Waals surface area contributed by atoms with Crippen molar-refractivity contribution in [2.75, 3.05) is 11.4 Å². The smallest absolute Gasteiger partial charge is 0.164 e. The zero-order valence-electron chi connectivity index (χ0n) is 12.7. The lowest BCUT2D eigenvalue weighted by molar-refractivity contribution is -0.991. The lowest BCUT2D eigenvalue weighted by atomic mass is 9.95. The minimum absolute atomic E-state index is 0.130. The fraction of sp³-hybridized carbons (Fsp3) is 0.294. The first-order chi connectivity index (χ1) is 11.2. The summed E-state index contributed by atoms with van der Waals surface area (Å²) in [5.41, 5.74) is 2.45. The molecule has 1 aromatic carbocycles. The van der Waals surface area contributed by atoms with Crippen LogP contribution in [0.2, 0.25) is 0 Å². The van der Waals surface area contributed by atoms with E-state index in [1.54, 1.807) is 18.3 Å². The molecule has 1 aromatic heterocycles. The lowest BCUT2D eigenvalue weighted by Crippen LogP contribution is -2.99. The Morgan fingerprint density at radius 2 is 2.22 bits per heavy atom. The number of aldehydes is 1. The maximum Gasteiger partial charge on any atom is 0.164 e. The first kappa shape index (κ1) is 15.6. The lowest BCUT2D eigenvalue weighted by Gasteiger charge is -2.38. The molecule has 2 N–H and O–H groups in total. The summed E-state index contributed by atoms with van der Waals surface area (Å²) in [6.45, 7) is 0.840. The number of hydrogen-bond acceptors (Lipinski definition) is 5. The molecule has 0 saturated carbocycles. The van der Waals surface area contributed by atoms with E-state index in [0.717, 1.165) is 43.3 Å². The average molecular weight is 313 g/mol. The predicted molar refractivity (Wildman–Crippen MR) is 85.8 cm³/mol. The van der Waals surface area contributed by atoms with Crippen LogP contribution in [0.4, 0.5) is 11.4 Å². The fourth-order valence-corrected chi connectivity index (χ4v) is 3.18. The predicted octanol–water partition coefficient (Wildman–Crippen LogP) is 2.03. The average Bonchev–Trinajstić information content (AvgIpc) is 2.62. The summed E-state index contributed by atoms with van der Waals surface area (Å²) >= 11 is 0. The summed E-state index contributed by atoms with van der Waals surface area (Å²) in [7, 11) is 0. The van der Waals surface area contributed by atoms with E-state index in [1.165, 1.54) is 6.07 Å². The van der Waals surface area contributed by atoms with E-state index < -0.39 is 5.23 Å². The van der Waals surface area contributed by atoms with Gasteiger partial charge in [-0.2, -0.15) is 5.23 Å². The fourth-order valence-electron chi connectivity index (χ4n) is 3.18. The van der Waals surface area contributed by atoms with E-state index in [1.807, 2.05) is 18.3 Å². The zero-order valence-corrected chi connectivity index (χ0v) is 12.7. The molecule has 6 heteroatoms. The molecule has 1 fully saturated rings. The van der Waals surface area contributed by atoms with E-state index in [0.29, 0.717) is 5.56 Å². The van der Waals surface area contributed by atoms with Gasteiger partial charge in [-0.15, -0.1) is 0 Å². The molecule has 0 spiro atoms. The van der Waals surface area contributed by atoms with Crippen LogP contribution in [0, 0.1) is 5.21 Å². The number of carbonyl (C=O) groups excluding carboxylic acids is 1. The van der Waals surface area contributed by atoms with Crippen LogP contribution in [-0.4, -0.2) is 23.0 Å². The SMILES string of the molecule is O=Cc1cc([NH+]([O-])O)ccc1N1CCCC[C@@H]1c1cccnc1. The number of anilines is 1. The molecule has 2 aromatic rings. The molecule has 3 rings (SSSR count). The molecule has 0 amide bonds. The van der Waals surface area contributed by atoms with Crippen LogP contribution in [-0.2, 0) is 0 Å². The Kier molecular flexibility index (Phi) is 4.66. The minimum Gasteiger partial charge on any atom is -0.595 e. The Hall–Kier alpha value is -2.28. The summed E-state index contributed by atoms with van der Waals surface area (Å²) < 4.78 is 0. The zero-order chi connectivity index (χ0) is 16.2. The Morgan fingerprint density at radius 1 is 1.35 bits per heavy atom. The molecule has 2 heterocycles. The second-order valence-electron chi connectivity index (χ2n) is 5.69. The number of pyridine rings is 1. The van der Waals surface area contributed by atoms with Crippen LogP contribution in [0.15, 0.2) is 42.7 Å². The van der Waals surface area contributed by atoms with Gasteiger partial charge in [-0.25, -0.2) is 5.21 Å². The number of aromatic nitrogens is 1. The maximum atomic E-state index is 11.5. The number of rotatable bonds is 4. The van der Waals surface area contributed by atoms with E-state index >= 15 is 0 Å². The van der Waals surface area contributed by atoms with Gasteiger partial charge in [-0.05, 0) is 37.0 Å². The quantitative estimate of drug-likeness (QED) is 0.667. The molecule has 0 aliphatic carbocycles. The van der Waals surface area contributed by atoms with Crippen LogP contribution < -0.4 is 10.1 Å². The number of piperidine rings is 1. The third-order valence-electron chi connectivity index (χ3n) is 4.28. The van der Waals surface area contributed by atoms with E-state index in [2.05, 4.69) is 9.88 Å². The molecule has 23 heavy (non-hydrogen) atoms. The maximum absolute atomic E-state index is 11.5. The number of hydrogen-bond donors (Lipinski definition) is 2. The van der Waals surface area contributed by atoms with Crippen molar-refractivity contribution in [2.24, 2.45) is 0 Å². The van der Waals surface area contributed by atoms with Crippen molar-refractivity contribution in [3.63, 3.8) is 0 Å². The van der Waals surface area contributed by atoms with Crippen LogP contribution in [0.25, 0.3) is 0 Å². The largest absolute Gasteiger partial charge is 0.595 e. The van der Waals surface area contributed by atoms with E-state index in [-0.39, 0.29) is 11.7 Å². The molecule has 120 valence electrons. The number of nitrogens with zero attached hydrogens (tertiary/aromatic N) is 2. The summed E-state index contributed by atoms with van der Waals surface area (Å²) in [5, 5.41) is 19.2. The van der Waals surface area contributed by atoms with Crippen molar-refractivity contribution in [3.05, 3.63) is 59.1 Å². The first-order valence-corrected chi connectivity index (χ1v) is 7.70. The molecule has 1 aliphatic rings. The van der Waals surface area contributed by atoms with Crippen molar-refractivity contribution in [1.82, 2.24) is 4.98 Å². The highest BCUT2D eigenvalue weighted by Gasteiger charge is 2.26. The molecular formula is C17H19N3O3. The molecule has 0 radical (unpaired) electrons. The number of benzene rings is 1. The molecule has 2 atom stereocenters. The summed E-state index contributed by atoms with van der Waals surface area (Å²) in [6.07, 6.45) is 7.50. The number of nitrogens with one attached hydrogen (secondary N) is 1. The van der Waals surface area contributed by atoms with E-state index in [4.69, 9.17) is 5.21 Å². The van der Waals surface area contributed by atoms with Gasteiger partial charge < -0.3 is 10.1 Å². The first-order valence-electron chi connectivity index (χ1n) is 7.70. The van der Waals surface area contributed by atoms with E-state index in [9.17, 15) is 10.0 Å². The van der Waals surface area contributed by atoms with Gasteiger partial charge in [0.05, 0.1) is 6.04 Å². The van der Waals surface area contributed by atoms with Crippen molar-refractivity contribution < 1.29 is 15.2 Å². The second kappa shape index (κ2) is 6.87. The van der Waals surface area contributed by atoms with Gasteiger partial charge in [0, 0.05) is 42.3 Å². The summed E-state index contributed by atoms with van der Waals surface area (Å²) in [4.78, 5) is 17.8. The summed E-state index contributed by atoms with van der Waals surface area (Å²) in [5.74, 6) is 0. The second-order valence-corrected chi connectivity index (χ2v) is 5.69. The van der Waals surface area contributed by atoms with Gasteiger partial charge in [-0.3, -0.25) is 9.78 Å². The molecule has 0 bridgehead atoms. The normalized spacial score (nSPS) is 19.4. The van der Waals surface area contributed by atoms with Crippen molar-refractivity contribution in [1.29, 1.82) is 0 Å². The Morgan fingerprint density at radius 3 is 2.91 bits per heavy atom. The van der Waals surface area contributed by atoms with Gasteiger partial charge in [0.15, 0.2) is 12.0 Å². The van der Waals surface area contributed by atoms with Crippen LogP contribution >= 0.6 is 0 Å². The van der Waals surface area contributed by atoms with Crippen molar-refractivity contribution >= 4 is 17.7 Å². The van der Waals surface area contributed by atoms with Gasteiger partial charge in [0.25, 0.3) is 0 Å².